The van der Waals surface area contributed by atoms with Gasteiger partial charge < -0.3 is 4.74 Å². The highest BCUT2D eigenvalue weighted by molar-refractivity contribution is 9.09. The Kier molecular flexibility index (Phi) is 4.43. The highest BCUT2D eigenvalue weighted by Gasteiger charge is 2.03. The fourth-order valence-electron chi connectivity index (χ4n) is 1.95. The van der Waals surface area contributed by atoms with Crippen molar-refractivity contribution in [2.75, 3.05) is 11.9 Å². The van der Waals surface area contributed by atoms with Gasteiger partial charge in [-0.3, -0.25) is 0 Å². The van der Waals surface area contributed by atoms with Crippen molar-refractivity contribution in [3.05, 3.63) is 53.6 Å². The second-order valence-electron chi connectivity index (χ2n) is 4.31. The number of ether oxygens (including phenoxy) is 1. The fraction of sp³-hybridized carbons (Fsp3) is 0.250. The Bertz CT molecular complexity index is 517. The smallest absolute Gasteiger partial charge is 0.119 e. The summed E-state index contributed by atoms with van der Waals surface area (Å²) in [6.07, 6.45) is 0. The highest BCUT2D eigenvalue weighted by atomic mass is 79.9. The van der Waals surface area contributed by atoms with Crippen LogP contribution in [-0.4, -0.2) is 11.9 Å². The minimum Gasteiger partial charge on any atom is -0.493 e. The second-order valence-corrected chi connectivity index (χ2v) is 5.10. The molecule has 0 bridgehead atoms. The molecule has 0 fully saturated rings. The zero-order chi connectivity index (χ0) is 13.0. The molecule has 0 N–H and O–H groups in total. The van der Waals surface area contributed by atoms with Gasteiger partial charge in [0.05, 0.1) is 6.61 Å². The Labute approximate surface area is 117 Å². The van der Waals surface area contributed by atoms with E-state index in [2.05, 4.69) is 60.1 Å². The van der Waals surface area contributed by atoms with E-state index < -0.39 is 0 Å². The van der Waals surface area contributed by atoms with E-state index in [1.807, 2.05) is 12.1 Å². The van der Waals surface area contributed by atoms with Crippen LogP contribution in [0.1, 0.15) is 11.1 Å². The van der Waals surface area contributed by atoms with Gasteiger partial charge in [0, 0.05) is 5.33 Å². The van der Waals surface area contributed by atoms with E-state index in [4.69, 9.17) is 4.74 Å². The van der Waals surface area contributed by atoms with E-state index >= 15 is 0 Å². The van der Waals surface area contributed by atoms with Crippen molar-refractivity contribution in [2.45, 2.75) is 13.8 Å². The molecule has 0 radical (unpaired) electrons. The molecule has 0 heterocycles. The first-order valence-electron chi connectivity index (χ1n) is 6.08. The molecule has 0 atom stereocenters. The Morgan fingerprint density at radius 1 is 1.00 bits per heavy atom. The molecule has 2 aromatic rings. The first-order chi connectivity index (χ1) is 8.72. The lowest BCUT2D eigenvalue weighted by Gasteiger charge is -2.10. The van der Waals surface area contributed by atoms with Crippen molar-refractivity contribution < 1.29 is 4.74 Å². The van der Waals surface area contributed by atoms with Crippen LogP contribution >= 0.6 is 15.9 Å². The maximum atomic E-state index is 5.55. The van der Waals surface area contributed by atoms with Gasteiger partial charge in [-0.2, -0.15) is 0 Å². The van der Waals surface area contributed by atoms with Crippen molar-refractivity contribution in [3.63, 3.8) is 0 Å². The van der Waals surface area contributed by atoms with Crippen LogP contribution in [0.4, 0.5) is 0 Å². The maximum Gasteiger partial charge on any atom is 0.119 e. The average Bonchev–Trinajstić information content (AvgIpc) is 2.40. The number of rotatable bonds is 4. The van der Waals surface area contributed by atoms with Crippen molar-refractivity contribution >= 4 is 15.9 Å². The number of hydrogen-bond donors (Lipinski definition) is 0. The maximum absolute atomic E-state index is 5.55. The van der Waals surface area contributed by atoms with Gasteiger partial charge in [0.2, 0.25) is 0 Å². The van der Waals surface area contributed by atoms with Crippen LogP contribution in [0.5, 0.6) is 5.75 Å². The van der Waals surface area contributed by atoms with Gasteiger partial charge in [0.15, 0.2) is 0 Å². The molecule has 0 spiro atoms. The Morgan fingerprint density at radius 3 is 2.39 bits per heavy atom. The lowest BCUT2D eigenvalue weighted by atomic mass is 9.97. The standard InChI is InChI=1S/C16H17BrO/c1-12-4-3-5-16(13(12)2)14-6-8-15(9-7-14)18-11-10-17/h3-9H,10-11H2,1-2H3. The van der Waals surface area contributed by atoms with E-state index in [1.54, 1.807) is 0 Å². The third-order valence-corrected chi connectivity index (χ3v) is 3.44. The zero-order valence-corrected chi connectivity index (χ0v) is 12.3. The van der Waals surface area contributed by atoms with Crippen LogP contribution in [-0.2, 0) is 0 Å². The summed E-state index contributed by atoms with van der Waals surface area (Å²) < 4.78 is 5.55. The molecule has 0 saturated carbocycles. The van der Waals surface area contributed by atoms with Gasteiger partial charge in [-0.05, 0) is 48.2 Å². The van der Waals surface area contributed by atoms with Gasteiger partial charge in [-0.25, -0.2) is 0 Å². The van der Waals surface area contributed by atoms with E-state index in [9.17, 15) is 0 Å². The van der Waals surface area contributed by atoms with Crippen molar-refractivity contribution in [1.29, 1.82) is 0 Å². The molecule has 94 valence electrons. The molecular weight excluding hydrogens is 288 g/mol. The third-order valence-electron chi connectivity index (χ3n) is 3.12. The van der Waals surface area contributed by atoms with Crippen LogP contribution in [0.25, 0.3) is 11.1 Å². The fourth-order valence-corrected chi connectivity index (χ4v) is 2.11. The molecule has 0 saturated heterocycles. The van der Waals surface area contributed by atoms with E-state index in [1.165, 1.54) is 22.3 Å². The van der Waals surface area contributed by atoms with Gasteiger partial charge in [0.25, 0.3) is 0 Å². The summed E-state index contributed by atoms with van der Waals surface area (Å²) in [5.74, 6) is 0.920. The monoisotopic (exact) mass is 304 g/mol. The van der Waals surface area contributed by atoms with Gasteiger partial charge in [0.1, 0.15) is 5.75 Å². The van der Waals surface area contributed by atoms with E-state index in [0.717, 1.165) is 11.1 Å². The van der Waals surface area contributed by atoms with Crippen LogP contribution in [0, 0.1) is 13.8 Å². The van der Waals surface area contributed by atoms with Crippen molar-refractivity contribution in [2.24, 2.45) is 0 Å². The molecule has 0 aliphatic carbocycles. The predicted octanol–water partition coefficient (Wildman–Crippen LogP) is 4.74. The average molecular weight is 305 g/mol. The minimum absolute atomic E-state index is 0.697. The molecule has 0 aromatic heterocycles. The molecule has 0 unspecified atom stereocenters. The van der Waals surface area contributed by atoms with Crippen molar-refractivity contribution in [3.8, 4) is 16.9 Å². The summed E-state index contributed by atoms with van der Waals surface area (Å²) in [6.45, 7) is 5.01. The Balaban J connectivity index is 2.26. The Morgan fingerprint density at radius 2 is 1.72 bits per heavy atom. The summed E-state index contributed by atoms with van der Waals surface area (Å²) in [4.78, 5) is 0. The van der Waals surface area contributed by atoms with E-state index in [-0.39, 0.29) is 0 Å². The summed E-state index contributed by atoms with van der Waals surface area (Å²) in [5, 5.41) is 0.853. The number of alkyl halides is 1. The molecule has 0 aliphatic heterocycles. The number of hydrogen-bond acceptors (Lipinski definition) is 1. The van der Waals surface area contributed by atoms with Gasteiger partial charge in [-0.1, -0.05) is 46.3 Å². The molecule has 1 nitrogen and oxygen atoms in total. The minimum atomic E-state index is 0.697. The number of aryl methyl sites for hydroxylation is 1. The molecule has 2 heteroatoms. The van der Waals surface area contributed by atoms with Gasteiger partial charge >= 0.3 is 0 Å². The SMILES string of the molecule is Cc1cccc(-c2ccc(OCCBr)cc2)c1C. The van der Waals surface area contributed by atoms with Crippen LogP contribution in [0.3, 0.4) is 0 Å². The van der Waals surface area contributed by atoms with Gasteiger partial charge in [-0.15, -0.1) is 0 Å². The predicted molar refractivity (Wildman–Crippen MR) is 80.6 cm³/mol. The first-order valence-corrected chi connectivity index (χ1v) is 7.20. The lowest BCUT2D eigenvalue weighted by molar-refractivity contribution is 0.345. The second kappa shape index (κ2) is 6.05. The van der Waals surface area contributed by atoms with E-state index in [0.29, 0.717) is 6.61 Å². The first kappa shape index (κ1) is 13.2. The molecule has 0 aliphatic rings. The molecular formula is C16H17BrO. The number of halogens is 1. The quantitative estimate of drug-likeness (QED) is 0.741. The molecule has 2 aromatic carbocycles. The third kappa shape index (κ3) is 2.94. The van der Waals surface area contributed by atoms with Crippen LogP contribution in [0.2, 0.25) is 0 Å². The molecule has 0 amide bonds. The molecule has 2 rings (SSSR count). The lowest BCUT2D eigenvalue weighted by Crippen LogP contribution is -1.97. The normalized spacial score (nSPS) is 10.4. The Hall–Kier alpha value is -1.28. The summed E-state index contributed by atoms with van der Waals surface area (Å²) in [5.41, 5.74) is 5.20. The highest BCUT2D eigenvalue weighted by Crippen LogP contribution is 2.27. The largest absolute Gasteiger partial charge is 0.493 e. The van der Waals surface area contributed by atoms with Crippen molar-refractivity contribution in [1.82, 2.24) is 0 Å². The number of benzene rings is 2. The molecule has 18 heavy (non-hydrogen) atoms. The zero-order valence-electron chi connectivity index (χ0n) is 10.7. The van der Waals surface area contributed by atoms with Crippen LogP contribution in [0.15, 0.2) is 42.5 Å². The van der Waals surface area contributed by atoms with Crippen LogP contribution < -0.4 is 4.74 Å². The topological polar surface area (TPSA) is 9.23 Å². The summed E-state index contributed by atoms with van der Waals surface area (Å²) in [7, 11) is 0. The summed E-state index contributed by atoms with van der Waals surface area (Å²) >= 11 is 3.35. The summed E-state index contributed by atoms with van der Waals surface area (Å²) in [6, 6.07) is 14.7.